The van der Waals surface area contributed by atoms with E-state index in [4.69, 9.17) is 15.2 Å². The van der Waals surface area contributed by atoms with Crippen LogP contribution >= 0.6 is 0 Å². The van der Waals surface area contributed by atoms with Crippen LogP contribution in [-0.4, -0.2) is 19.2 Å². The Hall–Kier alpha value is -1.71. The van der Waals surface area contributed by atoms with Crippen LogP contribution in [0.25, 0.3) is 0 Å². The van der Waals surface area contributed by atoms with E-state index in [2.05, 4.69) is 13.8 Å². The van der Waals surface area contributed by atoms with Crippen LogP contribution in [0.3, 0.4) is 0 Å². The summed E-state index contributed by atoms with van der Waals surface area (Å²) in [5.74, 6) is 0.498. The molecule has 1 aromatic rings. The largest absolute Gasteiger partial charge is 0.488 e. The Labute approximate surface area is 108 Å². The molecule has 0 aromatic heterocycles. The number of carbonyl (C=O) groups excluding carboxylic acids is 1. The van der Waals surface area contributed by atoms with Crippen LogP contribution in [0.1, 0.15) is 37.6 Å². The van der Waals surface area contributed by atoms with Gasteiger partial charge in [0.15, 0.2) is 5.75 Å². The summed E-state index contributed by atoms with van der Waals surface area (Å²) in [5.41, 5.74) is 6.68. The van der Waals surface area contributed by atoms with Crippen LogP contribution < -0.4 is 10.5 Å². The third kappa shape index (κ3) is 3.65. The highest BCUT2D eigenvalue weighted by Gasteiger charge is 2.18. The molecule has 100 valence electrons. The van der Waals surface area contributed by atoms with Crippen molar-refractivity contribution in [2.75, 3.05) is 12.8 Å². The van der Waals surface area contributed by atoms with Crippen LogP contribution in [-0.2, 0) is 4.74 Å². The molecule has 4 heteroatoms. The number of esters is 1. The first-order valence-electron chi connectivity index (χ1n) is 6.09. The molecule has 1 rings (SSSR count). The summed E-state index contributed by atoms with van der Waals surface area (Å²) in [6.45, 7) is 6.21. The summed E-state index contributed by atoms with van der Waals surface area (Å²) in [6, 6.07) is 5.07. The number of para-hydroxylation sites is 1. The number of methoxy groups -OCH3 is 1. The molecule has 0 fully saturated rings. The maximum absolute atomic E-state index is 11.6. The van der Waals surface area contributed by atoms with Crippen molar-refractivity contribution in [1.82, 2.24) is 0 Å². The molecule has 0 aliphatic rings. The zero-order valence-corrected chi connectivity index (χ0v) is 11.4. The summed E-state index contributed by atoms with van der Waals surface area (Å²) in [6.07, 6.45) is 0.896. The van der Waals surface area contributed by atoms with Gasteiger partial charge in [-0.25, -0.2) is 4.79 Å². The summed E-state index contributed by atoms with van der Waals surface area (Å²) in [7, 11) is 1.34. The Bertz CT molecular complexity index is 416. The third-order valence-electron chi connectivity index (χ3n) is 2.57. The normalized spacial score (nSPS) is 12.3. The molecule has 0 heterocycles. The number of rotatable bonds is 5. The van der Waals surface area contributed by atoms with Gasteiger partial charge in [0.2, 0.25) is 0 Å². The van der Waals surface area contributed by atoms with Crippen LogP contribution in [0.15, 0.2) is 18.2 Å². The van der Waals surface area contributed by atoms with Crippen molar-refractivity contribution in [3.63, 3.8) is 0 Å². The zero-order valence-electron chi connectivity index (χ0n) is 11.4. The molecule has 0 bridgehead atoms. The van der Waals surface area contributed by atoms with Crippen molar-refractivity contribution < 1.29 is 14.3 Å². The lowest BCUT2D eigenvalue weighted by Gasteiger charge is -2.19. The lowest BCUT2D eigenvalue weighted by Crippen LogP contribution is -2.17. The first-order valence-corrected chi connectivity index (χ1v) is 6.09. The molecule has 1 aromatic carbocycles. The van der Waals surface area contributed by atoms with E-state index >= 15 is 0 Å². The molecule has 0 saturated carbocycles. The molecule has 0 aliphatic heterocycles. The molecule has 1 unspecified atom stereocenters. The highest BCUT2D eigenvalue weighted by molar-refractivity contribution is 5.94. The average molecular weight is 251 g/mol. The van der Waals surface area contributed by atoms with Crippen LogP contribution in [0.5, 0.6) is 5.75 Å². The molecular formula is C14H21NO3. The molecule has 0 aliphatic carbocycles. The second kappa shape index (κ2) is 6.28. The van der Waals surface area contributed by atoms with Crippen molar-refractivity contribution in [1.29, 1.82) is 0 Å². The van der Waals surface area contributed by atoms with Gasteiger partial charge >= 0.3 is 5.97 Å². The van der Waals surface area contributed by atoms with Crippen LogP contribution in [0.4, 0.5) is 5.69 Å². The first-order chi connectivity index (χ1) is 8.45. The molecule has 0 radical (unpaired) electrons. The minimum Gasteiger partial charge on any atom is -0.488 e. The fourth-order valence-corrected chi connectivity index (χ4v) is 1.87. The zero-order chi connectivity index (χ0) is 13.7. The van der Waals surface area contributed by atoms with E-state index in [0.717, 1.165) is 6.42 Å². The van der Waals surface area contributed by atoms with E-state index in [0.29, 0.717) is 22.9 Å². The number of hydrogen-bond donors (Lipinski definition) is 1. The molecule has 0 spiro atoms. The minimum absolute atomic E-state index is 0.00175. The predicted octanol–water partition coefficient (Wildman–Crippen LogP) is 2.87. The van der Waals surface area contributed by atoms with Crippen molar-refractivity contribution >= 4 is 11.7 Å². The van der Waals surface area contributed by atoms with Gasteiger partial charge in [-0.05, 0) is 31.4 Å². The van der Waals surface area contributed by atoms with Gasteiger partial charge in [-0.2, -0.15) is 0 Å². The Kier molecular flexibility index (Phi) is 5.01. The number of nitrogen functional groups attached to an aromatic ring is 1. The number of anilines is 1. The number of hydrogen-bond acceptors (Lipinski definition) is 4. The first kappa shape index (κ1) is 14.4. The minimum atomic E-state index is -0.436. The molecule has 18 heavy (non-hydrogen) atoms. The smallest absolute Gasteiger partial charge is 0.341 e. The molecule has 1 atom stereocenters. The lowest BCUT2D eigenvalue weighted by atomic mass is 10.1. The van der Waals surface area contributed by atoms with E-state index in [1.165, 1.54) is 7.11 Å². The Balaban J connectivity index is 2.96. The predicted molar refractivity (Wildman–Crippen MR) is 71.7 cm³/mol. The van der Waals surface area contributed by atoms with Crippen molar-refractivity contribution in [2.45, 2.75) is 33.3 Å². The Morgan fingerprint density at radius 3 is 2.56 bits per heavy atom. The topological polar surface area (TPSA) is 61.5 Å². The van der Waals surface area contributed by atoms with Gasteiger partial charge in [-0.15, -0.1) is 0 Å². The second-order valence-electron chi connectivity index (χ2n) is 4.77. The van der Waals surface area contributed by atoms with Gasteiger partial charge in [0, 0.05) is 0 Å². The Morgan fingerprint density at radius 2 is 2.00 bits per heavy atom. The van der Waals surface area contributed by atoms with E-state index in [9.17, 15) is 4.79 Å². The fraction of sp³-hybridized carbons (Fsp3) is 0.500. The maximum Gasteiger partial charge on any atom is 0.341 e. The van der Waals surface area contributed by atoms with Crippen LogP contribution in [0, 0.1) is 5.92 Å². The second-order valence-corrected chi connectivity index (χ2v) is 4.77. The highest BCUT2D eigenvalue weighted by atomic mass is 16.5. The van der Waals surface area contributed by atoms with Gasteiger partial charge in [-0.3, -0.25) is 0 Å². The SMILES string of the molecule is COC(=O)c1cccc(N)c1OC(C)CC(C)C. The van der Waals surface area contributed by atoms with Gasteiger partial charge < -0.3 is 15.2 Å². The fourth-order valence-electron chi connectivity index (χ4n) is 1.87. The van der Waals surface area contributed by atoms with Crippen LogP contribution in [0.2, 0.25) is 0 Å². The highest BCUT2D eigenvalue weighted by Crippen LogP contribution is 2.29. The quantitative estimate of drug-likeness (QED) is 0.645. The molecule has 0 amide bonds. The molecule has 0 saturated heterocycles. The molecule has 2 N–H and O–H groups in total. The van der Waals surface area contributed by atoms with E-state index in [1.54, 1.807) is 18.2 Å². The maximum atomic E-state index is 11.6. The van der Waals surface area contributed by atoms with Crippen molar-refractivity contribution in [3.05, 3.63) is 23.8 Å². The van der Waals surface area contributed by atoms with Gasteiger partial charge in [0.1, 0.15) is 5.56 Å². The Morgan fingerprint density at radius 1 is 1.33 bits per heavy atom. The third-order valence-corrected chi connectivity index (χ3v) is 2.57. The van der Waals surface area contributed by atoms with E-state index in [-0.39, 0.29) is 6.10 Å². The summed E-state index contributed by atoms with van der Waals surface area (Å²) >= 11 is 0. The van der Waals surface area contributed by atoms with Gasteiger partial charge in [-0.1, -0.05) is 19.9 Å². The summed E-state index contributed by atoms with van der Waals surface area (Å²) in [4.78, 5) is 11.6. The molecular weight excluding hydrogens is 230 g/mol. The lowest BCUT2D eigenvalue weighted by molar-refractivity contribution is 0.0593. The number of benzene rings is 1. The summed E-state index contributed by atoms with van der Waals surface area (Å²) in [5, 5.41) is 0. The standard InChI is InChI=1S/C14H21NO3/c1-9(2)8-10(3)18-13-11(14(16)17-4)6-5-7-12(13)15/h5-7,9-10H,8,15H2,1-4H3. The van der Waals surface area contributed by atoms with E-state index in [1.807, 2.05) is 6.92 Å². The monoisotopic (exact) mass is 251 g/mol. The van der Waals surface area contributed by atoms with Crippen molar-refractivity contribution in [2.24, 2.45) is 5.92 Å². The molecule has 4 nitrogen and oxygen atoms in total. The van der Waals surface area contributed by atoms with E-state index < -0.39 is 5.97 Å². The van der Waals surface area contributed by atoms with Gasteiger partial charge in [0.25, 0.3) is 0 Å². The van der Waals surface area contributed by atoms with Crippen molar-refractivity contribution in [3.8, 4) is 5.75 Å². The average Bonchev–Trinajstić information content (AvgIpc) is 2.29. The summed E-state index contributed by atoms with van der Waals surface area (Å²) < 4.78 is 10.5. The number of carbonyl (C=O) groups is 1. The number of ether oxygens (including phenoxy) is 2. The number of nitrogens with two attached hydrogens (primary N) is 1. The van der Waals surface area contributed by atoms with Gasteiger partial charge in [0.05, 0.1) is 18.9 Å².